The van der Waals surface area contributed by atoms with E-state index in [-0.39, 0.29) is 19.5 Å². The second-order valence-corrected chi connectivity index (χ2v) is 4.19. The Morgan fingerprint density at radius 3 is 2.94 bits per heavy atom. The topological polar surface area (TPSA) is 103 Å². The number of rotatable bonds is 3. The maximum absolute atomic E-state index is 11.8. The summed E-state index contributed by atoms with van der Waals surface area (Å²) in [6.45, 7) is 0.294. The molecule has 7 nitrogen and oxygen atoms in total. The van der Waals surface area contributed by atoms with Gasteiger partial charge in [-0.15, -0.1) is 0 Å². The number of aliphatic hydroxyl groups excluding tert-OH is 1. The molecule has 2 rings (SSSR count). The fourth-order valence-electron chi connectivity index (χ4n) is 1.94. The molecule has 2 atom stereocenters. The molecule has 1 fully saturated rings. The number of carbonyl (C=O) groups is 2. The Bertz CT molecular complexity index is 431. The number of carboxylic acids is 1. The predicted molar refractivity (Wildman–Crippen MR) is 59.7 cm³/mol. The number of urea groups is 1. The number of aliphatic hydroxyl groups is 1. The van der Waals surface area contributed by atoms with E-state index in [1.54, 1.807) is 6.07 Å². The number of carboxylic acid groups (broad SMARTS) is 1. The molecule has 1 aliphatic rings. The number of nitrogens with zero attached hydrogens (tertiary/aromatic N) is 1. The van der Waals surface area contributed by atoms with E-state index in [0.717, 1.165) is 10.5 Å². The Kier molecular flexibility index (Phi) is 3.52. The van der Waals surface area contributed by atoms with Gasteiger partial charge in [0, 0.05) is 25.1 Å². The van der Waals surface area contributed by atoms with Crippen molar-refractivity contribution in [3.05, 3.63) is 24.2 Å². The van der Waals surface area contributed by atoms with Crippen LogP contribution in [-0.4, -0.2) is 45.8 Å². The zero-order chi connectivity index (χ0) is 13.1. The Hall–Kier alpha value is -2.02. The van der Waals surface area contributed by atoms with E-state index in [9.17, 15) is 14.7 Å². The van der Waals surface area contributed by atoms with Gasteiger partial charge in [-0.1, -0.05) is 0 Å². The van der Waals surface area contributed by atoms with E-state index in [2.05, 4.69) is 5.32 Å². The van der Waals surface area contributed by atoms with Crippen LogP contribution in [0.3, 0.4) is 0 Å². The predicted octanol–water partition coefficient (Wildman–Crippen LogP) is 0.00900. The molecule has 0 saturated carbocycles. The Balaban J connectivity index is 1.93. The number of aliphatic carboxylic acids is 1. The smallest absolute Gasteiger partial charge is 0.326 e. The van der Waals surface area contributed by atoms with Crippen LogP contribution in [0, 0.1) is 0 Å². The minimum atomic E-state index is -1.11. The van der Waals surface area contributed by atoms with Crippen LogP contribution >= 0.6 is 0 Å². The molecule has 0 aliphatic carbocycles. The van der Waals surface area contributed by atoms with E-state index in [1.165, 1.54) is 12.5 Å². The van der Waals surface area contributed by atoms with Gasteiger partial charge in [-0.25, -0.2) is 9.59 Å². The summed E-state index contributed by atoms with van der Waals surface area (Å²) in [6.07, 6.45) is 2.26. The standard InChI is InChI=1S/C11H14N2O5/c14-8-3-9(10(15)16)13(5-8)11(17)12-4-7-1-2-18-6-7/h1-2,6,8-9,14H,3-5H2,(H,12,17)(H,15,16)/t8?,9-/m0/s1. The van der Waals surface area contributed by atoms with Crippen LogP contribution in [0.15, 0.2) is 23.0 Å². The van der Waals surface area contributed by atoms with Crippen molar-refractivity contribution in [1.29, 1.82) is 0 Å². The molecule has 0 radical (unpaired) electrons. The monoisotopic (exact) mass is 254 g/mol. The van der Waals surface area contributed by atoms with Gasteiger partial charge in [0.1, 0.15) is 6.04 Å². The maximum atomic E-state index is 11.8. The summed E-state index contributed by atoms with van der Waals surface area (Å²) in [5, 5.41) is 21.0. The van der Waals surface area contributed by atoms with Crippen LogP contribution in [0.25, 0.3) is 0 Å². The second-order valence-electron chi connectivity index (χ2n) is 4.19. The van der Waals surface area contributed by atoms with Crippen molar-refractivity contribution in [2.45, 2.75) is 25.1 Å². The molecule has 1 unspecified atom stereocenters. The van der Waals surface area contributed by atoms with E-state index >= 15 is 0 Å². The number of amides is 2. The van der Waals surface area contributed by atoms with Crippen molar-refractivity contribution < 1.29 is 24.2 Å². The first-order chi connectivity index (χ1) is 8.58. The highest BCUT2D eigenvalue weighted by Crippen LogP contribution is 2.18. The summed E-state index contributed by atoms with van der Waals surface area (Å²) in [4.78, 5) is 23.9. The third kappa shape index (κ3) is 2.62. The number of furan rings is 1. The van der Waals surface area contributed by atoms with Gasteiger partial charge >= 0.3 is 12.0 Å². The third-order valence-corrected chi connectivity index (χ3v) is 2.85. The number of likely N-dealkylation sites (tertiary alicyclic amines) is 1. The molecule has 7 heteroatoms. The lowest BCUT2D eigenvalue weighted by molar-refractivity contribution is -0.141. The molecule has 3 N–H and O–H groups in total. The Morgan fingerprint density at radius 2 is 2.33 bits per heavy atom. The lowest BCUT2D eigenvalue weighted by Crippen LogP contribution is -2.45. The molecule has 0 spiro atoms. The molecule has 1 aliphatic heterocycles. The summed E-state index contributed by atoms with van der Waals surface area (Å²) < 4.78 is 4.85. The number of hydrogen-bond donors (Lipinski definition) is 3. The van der Waals surface area contributed by atoms with Crippen molar-refractivity contribution in [3.8, 4) is 0 Å². The van der Waals surface area contributed by atoms with Crippen LogP contribution < -0.4 is 5.32 Å². The van der Waals surface area contributed by atoms with Crippen molar-refractivity contribution >= 4 is 12.0 Å². The quantitative estimate of drug-likeness (QED) is 0.705. The number of carbonyl (C=O) groups excluding carboxylic acids is 1. The number of β-amino-alcohol motifs (C(OH)–C–C–N with tert-alkyl or cyclic N) is 1. The fraction of sp³-hybridized carbons (Fsp3) is 0.455. The number of hydrogen-bond acceptors (Lipinski definition) is 4. The molecule has 1 saturated heterocycles. The van der Waals surface area contributed by atoms with Gasteiger partial charge in [-0.2, -0.15) is 0 Å². The molecule has 2 heterocycles. The van der Waals surface area contributed by atoms with Crippen LogP contribution in [-0.2, 0) is 11.3 Å². The molecule has 98 valence electrons. The summed E-state index contributed by atoms with van der Waals surface area (Å²) in [7, 11) is 0. The zero-order valence-corrected chi connectivity index (χ0v) is 9.57. The largest absolute Gasteiger partial charge is 0.480 e. The highest BCUT2D eigenvalue weighted by molar-refractivity contribution is 5.83. The van der Waals surface area contributed by atoms with Crippen molar-refractivity contribution in [1.82, 2.24) is 10.2 Å². The van der Waals surface area contributed by atoms with Crippen molar-refractivity contribution in [2.24, 2.45) is 0 Å². The average molecular weight is 254 g/mol. The van der Waals surface area contributed by atoms with Gasteiger partial charge in [-0.05, 0) is 6.07 Å². The minimum absolute atomic E-state index is 0.0359. The van der Waals surface area contributed by atoms with Gasteiger partial charge in [-0.3, -0.25) is 0 Å². The highest BCUT2D eigenvalue weighted by atomic mass is 16.4. The average Bonchev–Trinajstić information content (AvgIpc) is 2.94. The first kappa shape index (κ1) is 12.4. The molecule has 0 aromatic carbocycles. The van der Waals surface area contributed by atoms with Gasteiger partial charge in [0.25, 0.3) is 0 Å². The molecule has 2 amide bonds. The summed E-state index contributed by atoms with van der Waals surface area (Å²) in [5.74, 6) is -1.11. The Labute approximate surface area is 103 Å². The maximum Gasteiger partial charge on any atom is 0.326 e. The molecule has 0 bridgehead atoms. The van der Waals surface area contributed by atoms with E-state index < -0.39 is 24.1 Å². The highest BCUT2D eigenvalue weighted by Gasteiger charge is 2.38. The van der Waals surface area contributed by atoms with Crippen LogP contribution in [0.2, 0.25) is 0 Å². The normalized spacial score (nSPS) is 23.1. The van der Waals surface area contributed by atoms with E-state index in [1.807, 2.05) is 0 Å². The van der Waals surface area contributed by atoms with Crippen LogP contribution in [0.1, 0.15) is 12.0 Å². The van der Waals surface area contributed by atoms with Crippen molar-refractivity contribution in [3.63, 3.8) is 0 Å². The van der Waals surface area contributed by atoms with Gasteiger partial charge in [0.15, 0.2) is 0 Å². The fourth-order valence-corrected chi connectivity index (χ4v) is 1.94. The van der Waals surface area contributed by atoms with Crippen LogP contribution in [0.5, 0.6) is 0 Å². The van der Waals surface area contributed by atoms with E-state index in [4.69, 9.17) is 9.52 Å². The molecule has 1 aromatic rings. The lowest BCUT2D eigenvalue weighted by atomic mass is 10.2. The van der Waals surface area contributed by atoms with Gasteiger partial charge in [0.05, 0.1) is 18.6 Å². The van der Waals surface area contributed by atoms with Gasteiger partial charge in [0.2, 0.25) is 0 Å². The SMILES string of the molecule is O=C(O)[C@@H]1CC(O)CN1C(=O)NCc1ccoc1. The molecule has 1 aromatic heterocycles. The minimum Gasteiger partial charge on any atom is -0.480 e. The first-order valence-electron chi connectivity index (χ1n) is 5.54. The van der Waals surface area contributed by atoms with E-state index in [0.29, 0.717) is 0 Å². The van der Waals surface area contributed by atoms with Crippen molar-refractivity contribution in [2.75, 3.05) is 6.54 Å². The summed E-state index contributed by atoms with van der Waals surface area (Å²) in [6, 6.07) is 0.234. The lowest BCUT2D eigenvalue weighted by Gasteiger charge is -2.21. The summed E-state index contributed by atoms with van der Waals surface area (Å²) >= 11 is 0. The zero-order valence-electron chi connectivity index (χ0n) is 9.57. The Morgan fingerprint density at radius 1 is 1.56 bits per heavy atom. The molecular formula is C11H14N2O5. The summed E-state index contributed by atoms with van der Waals surface area (Å²) in [5.41, 5.74) is 0.787. The molecule has 18 heavy (non-hydrogen) atoms. The van der Waals surface area contributed by atoms with Gasteiger partial charge < -0.3 is 24.8 Å². The third-order valence-electron chi connectivity index (χ3n) is 2.85. The first-order valence-corrected chi connectivity index (χ1v) is 5.54. The second kappa shape index (κ2) is 5.09. The number of nitrogens with one attached hydrogen (secondary N) is 1. The molecular weight excluding hydrogens is 240 g/mol. The van der Waals surface area contributed by atoms with Crippen LogP contribution in [0.4, 0.5) is 4.79 Å².